The molecule has 3 nitrogen and oxygen atoms in total. The van der Waals surface area contributed by atoms with Crippen molar-refractivity contribution in [3.63, 3.8) is 0 Å². The molecule has 0 unspecified atom stereocenters. The number of aryl methyl sites for hydroxylation is 1. The molecule has 1 rings (SSSR count). The summed E-state index contributed by atoms with van der Waals surface area (Å²) in [5.41, 5.74) is 1.13. The van der Waals surface area contributed by atoms with Gasteiger partial charge in [-0.3, -0.25) is 4.79 Å². The minimum Gasteiger partial charge on any atom is -0.481 e. The van der Waals surface area contributed by atoms with Gasteiger partial charge in [-0.15, -0.1) is 0 Å². The summed E-state index contributed by atoms with van der Waals surface area (Å²) in [5.74, 6) is 0.694. The van der Waals surface area contributed by atoms with Crippen molar-refractivity contribution in [1.82, 2.24) is 5.32 Å². The molecule has 0 spiro atoms. The van der Waals surface area contributed by atoms with Crippen molar-refractivity contribution in [2.75, 3.05) is 0 Å². The molecule has 0 bridgehead atoms. The smallest absolute Gasteiger partial charge is 0.261 e. The molecule has 1 atom stereocenters. The second-order valence-corrected chi connectivity index (χ2v) is 4.49. The number of nitrogens with one attached hydrogen (secondary N) is 1. The molecule has 0 aliphatic rings. The van der Waals surface area contributed by atoms with Gasteiger partial charge in [-0.2, -0.15) is 0 Å². The van der Waals surface area contributed by atoms with Crippen molar-refractivity contribution in [3.8, 4) is 5.75 Å². The Morgan fingerprint density at radius 1 is 1.41 bits per heavy atom. The van der Waals surface area contributed by atoms with E-state index in [1.165, 1.54) is 0 Å². The van der Waals surface area contributed by atoms with Gasteiger partial charge in [0.2, 0.25) is 0 Å². The van der Waals surface area contributed by atoms with E-state index in [9.17, 15) is 4.79 Å². The highest BCUT2D eigenvalue weighted by molar-refractivity contribution is 5.81. The van der Waals surface area contributed by atoms with Crippen LogP contribution in [-0.4, -0.2) is 18.1 Å². The van der Waals surface area contributed by atoms with E-state index in [-0.39, 0.29) is 11.9 Å². The highest BCUT2D eigenvalue weighted by Gasteiger charge is 2.18. The number of ether oxygens (including phenoxy) is 1. The van der Waals surface area contributed by atoms with E-state index in [0.717, 1.165) is 11.3 Å². The molecule has 0 radical (unpaired) electrons. The number of hydrogen-bond donors (Lipinski definition) is 1. The van der Waals surface area contributed by atoms with Crippen molar-refractivity contribution >= 4 is 5.91 Å². The molecule has 1 amide bonds. The number of carbonyl (C=O) groups excluding carboxylic acids is 1. The van der Waals surface area contributed by atoms with Crippen LogP contribution in [0.2, 0.25) is 0 Å². The van der Waals surface area contributed by atoms with Gasteiger partial charge in [-0.25, -0.2) is 0 Å². The Balaban J connectivity index is 2.66. The van der Waals surface area contributed by atoms with Gasteiger partial charge in [-0.1, -0.05) is 19.1 Å². The lowest BCUT2D eigenvalue weighted by molar-refractivity contribution is -0.128. The first kappa shape index (κ1) is 13.6. The van der Waals surface area contributed by atoms with Gasteiger partial charge in [0.1, 0.15) is 5.75 Å². The van der Waals surface area contributed by atoms with E-state index in [0.29, 0.717) is 6.42 Å². The maximum Gasteiger partial charge on any atom is 0.261 e. The number of hydrogen-bond acceptors (Lipinski definition) is 2. The number of amides is 1. The van der Waals surface area contributed by atoms with Gasteiger partial charge in [0, 0.05) is 6.04 Å². The fraction of sp³-hybridized carbons (Fsp3) is 0.500. The lowest BCUT2D eigenvalue weighted by Crippen LogP contribution is -2.41. The fourth-order valence-corrected chi connectivity index (χ4v) is 1.55. The predicted molar refractivity (Wildman–Crippen MR) is 69.2 cm³/mol. The summed E-state index contributed by atoms with van der Waals surface area (Å²) in [5, 5.41) is 2.86. The first-order valence-corrected chi connectivity index (χ1v) is 6.06. The minimum absolute atomic E-state index is 0.0518. The molecule has 1 N–H and O–H groups in total. The van der Waals surface area contributed by atoms with Gasteiger partial charge in [0.15, 0.2) is 6.10 Å². The largest absolute Gasteiger partial charge is 0.481 e. The Labute approximate surface area is 103 Å². The van der Waals surface area contributed by atoms with Crippen LogP contribution in [0, 0.1) is 6.92 Å². The lowest BCUT2D eigenvalue weighted by Gasteiger charge is -2.19. The molecule has 0 fully saturated rings. The quantitative estimate of drug-likeness (QED) is 0.852. The highest BCUT2D eigenvalue weighted by atomic mass is 16.5. The lowest BCUT2D eigenvalue weighted by atomic mass is 10.2. The van der Waals surface area contributed by atoms with E-state index in [4.69, 9.17) is 4.74 Å². The van der Waals surface area contributed by atoms with Crippen LogP contribution in [0.5, 0.6) is 5.75 Å². The molecule has 0 heterocycles. The molecular weight excluding hydrogens is 214 g/mol. The summed E-state index contributed by atoms with van der Waals surface area (Å²) in [7, 11) is 0. The zero-order valence-corrected chi connectivity index (χ0v) is 11.0. The molecule has 1 aromatic rings. The van der Waals surface area contributed by atoms with Crippen LogP contribution in [-0.2, 0) is 4.79 Å². The van der Waals surface area contributed by atoms with Crippen LogP contribution < -0.4 is 10.1 Å². The van der Waals surface area contributed by atoms with E-state index in [1.54, 1.807) is 0 Å². The second-order valence-electron chi connectivity index (χ2n) is 4.49. The molecular formula is C14H21NO2. The SMILES string of the molecule is CC[C@@H](Oc1cccc(C)c1)C(=O)NC(C)C. The zero-order valence-electron chi connectivity index (χ0n) is 11.0. The average Bonchev–Trinajstić information content (AvgIpc) is 2.24. The molecule has 0 aliphatic heterocycles. The fourth-order valence-electron chi connectivity index (χ4n) is 1.55. The topological polar surface area (TPSA) is 38.3 Å². The molecule has 0 saturated carbocycles. The van der Waals surface area contributed by atoms with E-state index in [2.05, 4.69) is 5.32 Å². The molecule has 0 aliphatic carbocycles. The third-order valence-corrected chi connectivity index (χ3v) is 2.36. The molecule has 0 aromatic heterocycles. The van der Waals surface area contributed by atoms with Gasteiger partial charge >= 0.3 is 0 Å². The highest BCUT2D eigenvalue weighted by Crippen LogP contribution is 2.15. The third-order valence-electron chi connectivity index (χ3n) is 2.36. The maximum absolute atomic E-state index is 11.8. The number of rotatable bonds is 5. The van der Waals surface area contributed by atoms with Crippen molar-refractivity contribution in [2.24, 2.45) is 0 Å². The Bertz CT molecular complexity index is 374. The van der Waals surface area contributed by atoms with Crippen LogP contribution in [0.4, 0.5) is 0 Å². The third kappa shape index (κ3) is 4.47. The standard InChI is InChI=1S/C14H21NO2/c1-5-13(14(16)15-10(2)3)17-12-8-6-7-11(4)9-12/h6-10,13H,5H2,1-4H3,(H,15,16)/t13-/m1/s1. The monoisotopic (exact) mass is 235 g/mol. The van der Waals surface area contributed by atoms with Crippen LogP contribution in [0.3, 0.4) is 0 Å². The Morgan fingerprint density at radius 3 is 2.65 bits per heavy atom. The summed E-state index contributed by atoms with van der Waals surface area (Å²) in [6, 6.07) is 7.88. The summed E-state index contributed by atoms with van der Waals surface area (Å²) in [4.78, 5) is 11.8. The van der Waals surface area contributed by atoms with Crippen molar-refractivity contribution < 1.29 is 9.53 Å². The van der Waals surface area contributed by atoms with Crippen LogP contribution in [0.25, 0.3) is 0 Å². The summed E-state index contributed by atoms with van der Waals surface area (Å²) in [6.45, 7) is 7.83. The zero-order chi connectivity index (χ0) is 12.8. The first-order chi connectivity index (χ1) is 8.02. The van der Waals surface area contributed by atoms with E-state index < -0.39 is 6.10 Å². The second kappa shape index (κ2) is 6.28. The van der Waals surface area contributed by atoms with Gasteiger partial charge in [-0.05, 0) is 44.9 Å². The number of benzene rings is 1. The van der Waals surface area contributed by atoms with Crippen LogP contribution in [0.1, 0.15) is 32.8 Å². The Hall–Kier alpha value is -1.51. The Morgan fingerprint density at radius 2 is 2.12 bits per heavy atom. The first-order valence-electron chi connectivity index (χ1n) is 6.06. The van der Waals surface area contributed by atoms with Crippen molar-refractivity contribution in [3.05, 3.63) is 29.8 Å². The maximum atomic E-state index is 11.8. The summed E-state index contributed by atoms with van der Waals surface area (Å²) >= 11 is 0. The van der Waals surface area contributed by atoms with Crippen molar-refractivity contribution in [2.45, 2.75) is 46.3 Å². The molecule has 94 valence electrons. The van der Waals surface area contributed by atoms with Gasteiger partial charge in [0.05, 0.1) is 0 Å². The van der Waals surface area contributed by atoms with Crippen LogP contribution >= 0.6 is 0 Å². The minimum atomic E-state index is -0.417. The average molecular weight is 235 g/mol. The molecule has 1 aromatic carbocycles. The molecule has 3 heteroatoms. The van der Waals surface area contributed by atoms with Crippen molar-refractivity contribution in [1.29, 1.82) is 0 Å². The predicted octanol–water partition coefficient (Wildman–Crippen LogP) is 2.68. The summed E-state index contributed by atoms with van der Waals surface area (Å²) < 4.78 is 5.70. The molecule has 0 saturated heterocycles. The number of carbonyl (C=O) groups is 1. The summed E-state index contributed by atoms with van der Waals surface area (Å²) in [6.07, 6.45) is 0.242. The van der Waals surface area contributed by atoms with E-state index >= 15 is 0 Å². The normalized spacial score (nSPS) is 12.3. The molecule has 17 heavy (non-hydrogen) atoms. The van der Waals surface area contributed by atoms with E-state index in [1.807, 2.05) is 52.0 Å². The van der Waals surface area contributed by atoms with Gasteiger partial charge in [0.25, 0.3) is 5.91 Å². The van der Waals surface area contributed by atoms with Gasteiger partial charge < -0.3 is 10.1 Å². The Kier molecular flexibility index (Phi) is 5.01. The van der Waals surface area contributed by atoms with Crippen LogP contribution in [0.15, 0.2) is 24.3 Å².